The summed E-state index contributed by atoms with van der Waals surface area (Å²) in [6, 6.07) is 5.65. The van der Waals surface area contributed by atoms with Gasteiger partial charge in [0.1, 0.15) is 11.5 Å². The van der Waals surface area contributed by atoms with Crippen molar-refractivity contribution in [3.63, 3.8) is 0 Å². The lowest BCUT2D eigenvalue weighted by Gasteiger charge is -2.14. The molecule has 4 heteroatoms. The lowest BCUT2D eigenvalue weighted by Crippen LogP contribution is -2.16. The lowest BCUT2D eigenvalue weighted by atomic mass is 9.90. The van der Waals surface area contributed by atoms with Crippen molar-refractivity contribution in [2.45, 2.75) is 13.3 Å². The number of cyclic esters (lactones) is 1. The molecule has 0 aromatic heterocycles. The molecule has 2 rings (SSSR count). The molecule has 1 aliphatic heterocycles. The summed E-state index contributed by atoms with van der Waals surface area (Å²) in [5.74, 6) is 1.57. The number of methoxy groups -OCH3 is 2. The van der Waals surface area contributed by atoms with Crippen LogP contribution in [0.4, 0.5) is 0 Å². The van der Waals surface area contributed by atoms with Crippen molar-refractivity contribution in [1.29, 1.82) is 0 Å². The van der Waals surface area contributed by atoms with E-state index in [9.17, 15) is 4.79 Å². The van der Waals surface area contributed by atoms with E-state index in [1.54, 1.807) is 14.2 Å². The molecule has 1 fully saturated rings. The highest BCUT2D eigenvalue weighted by atomic mass is 16.5. The van der Waals surface area contributed by atoms with Crippen molar-refractivity contribution < 1.29 is 19.0 Å². The minimum Gasteiger partial charge on any atom is -0.497 e. The highest BCUT2D eigenvalue weighted by Gasteiger charge is 2.34. The summed E-state index contributed by atoms with van der Waals surface area (Å²) in [7, 11) is 3.24. The first-order chi connectivity index (χ1) is 8.65. The average Bonchev–Trinajstić information content (AvgIpc) is 2.71. The SMILES string of the molecule is COc1ccc(CC2C(=O)OCC2C)c(OC)c1. The van der Waals surface area contributed by atoms with Crippen LogP contribution in [0, 0.1) is 11.8 Å². The van der Waals surface area contributed by atoms with Gasteiger partial charge in [0.2, 0.25) is 0 Å². The first-order valence-electron chi connectivity index (χ1n) is 6.03. The number of carbonyl (C=O) groups is 1. The normalized spacial score (nSPS) is 22.7. The summed E-state index contributed by atoms with van der Waals surface area (Å²) < 4.78 is 15.6. The molecule has 0 bridgehead atoms. The van der Waals surface area contributed by atoms with E-state index in [-0.39, 0.29) is 17.8 Å². The molecule has 0 radical (unpaired) electrons. The van der Waals surface area contributed by atoms with Gasteiger partial charge in [-0.2, -0.15) is 0 Å². The van der Waals surface area contributed by atoms with E-state index < -0.39 is 0 Å². The first kappa shape index (κ1) is 12.7. The summed E-state index contributed by atoms with van der Waals surface area (Å²) >= 11 is 0. The van der Waals surface area contributed by atoms with Crippen LogP contribution in [0.2, 0.25) is 0 Å². The zero-order valence-corrected chi connectivity index (χ0v) is 10.9. The van der Waals surface area contributed by atoms with Gasteiger partial charge in [-0.05, 0) is 18.1 Å². The molecule has 0 saturated carbocycles. The second kappa shape index (κ2) is 5.29. The van der Waals surface area contributed by atoms with Crippen LogP contribution in [-0.2, 0) is 16.0 Å². The molecule has 1 aromatic carbocycles. The number of hydrogen-bond donors (Lipinski definition) is 0. The topological polar surface area (TPSA) is 44.8 Å². The predicted octanol–water partition coefficient (Wildman–Crippen LogP) is 2.06. The highest BCUT2D eigenvalue weighted by Crippen LogP contribution is 2.31. The Balaban J connectivity index is 2.20. The maximum Gasteiger partial charge on any atom is 0.309 e. The monoisotopic (exact) mass is 250 g/mol. The quantitative estimate of drug-likeness (QED) is 0.767. The summed E-state index contributed by atoms with van der Waals surface area (Å²) in [6.07, 6.45) is 0.646. The molecule has 1 heterocycles. The molecule has 0 aliphatic carbocycles. The molecule has 98 valence electrons. The molecular weight excluding hydrogens is 232 g/mol. The fourth-order valence-corrected chi connectivity index (χ4v) is 2.21. The molecule has 2 unspecified atom stereocenters. The number of benzene rings is 1. The van der Waals surface area contributed by atoms with E-state index in [0.717, 1.165) is 17.1 Å². The maximum absolute atomic E-state index is 11.6. The molecule has 4 nitrogen and oxygen atoms in total. The van der Waals surface area contributed by atoms with E-state index in [0.29, 0.717) is 13.0 Å². The molecule has 1 saturated heterocycles. The smallest absolute Gasteiger partial charge is 0.309 e. The standard InChI is InChI=1S/C14H18O4/c1-9-8-18-14(15)12(9)6-10-4-5-11(16-2)7-13(10)17-3/h4-5,7,9,12H,6,8H2,1-3H3. The Morgan fingerprint density at radius 2 is 2.11 bits per heavy atom. The number of hydrogen-bond acceptors (Lipinski definition) is 4. The Kier molecular flexibility index (Phi) is 3.75. The van der Waals surface area contributed by atoms with Gasteiger partial charge in [0.05, 0.1) is 26.7 Å². The molecule has 1 aromatic rings. The van der Waals surface area contributed by atoms with Crippen LogP contribution in [0.1, 0.15) is 12.5 Å². The van der Waals surface area contributed by atoms with E-state index in [2.05, 4.69) is 0 Å². The Morgan fingerprint density at radius 1 is 1.33 bits per heavy atom. The first-order valence-corrected chi connectivity index (χ1v) is 6.03. The van der Waals surface area contributed by atoms with Gasteiger partial charge in [-0.15, -0.1) is 0 Å². The molecule has 0 amide bonds. The fourth-order valence-electron chi connectivity index (χ4n) is 2.21. The van der Waals surface area contributed by atoms with Crippen LogP contribution in [-0.4, -0.2) is 26.8 Å². The van der Waals surface area contributed by atoms with Gasteiger partial charge >= 0.3 is 5.97 Å². The summed E-state index contributed by atoms with van der Waals surface area (Å²) in [4.78, 5) is 11.6. The lowest BCUT2D eigenvalue weighted by molar-refractivity contribution is -0.141. The zero-order valence-electron chi connectivity index (χ0n) is 10.9. The van der Waals surface area contributed by atoms with Crippen molar-refractivity contribution >= 4 is 5.97 Å². The molecular formula is C14H18O4. The molecule has 1 aliphatic rings. The molecule has 0 N–H and O–H groups in total. The van der Waals surface area contributed by atoms with E-state index in [1.165, 1.54) is 0 Å². The average molecular weight is 250 g/mol. The fraction of sp³-hybridized carbons (Fsp3) is 0.500. The van der Waals surface area contributed by atoms with Crippen LogP contribution in [0.25, 0.3) is 0 Å². The number of esters is 1. The molecule has 2 atom stereocenters. The van der Waals surface area contributed by atoms with Gasteiger partial charge in [0.15, 0.2) is 0 Å². The highest BCUT2D eigenvalue weighted by molar-refractivity contribution is 5.75. The predicted molar refractivity (Wildman–Crippen MR) is 66.9 cm³/mol. The van der Waals surface area contributed by atoms with Gasteiger partial charge < -0.3 is 14.2 Å². The van der Waals surface area contributed by atoms with Crippen LogP contribution >= 0.6 is 0 Å². The van der Waals surface area contributed by atoms with Crippen molar-refractivity contribution in [1.82, 2.24) is 0 Å². The van der Waals surface area contributed by atoms with E-state index in [1.807, 2.05) is 25.1 Å². The van der Waals surface area contributed by atoms with Crippen molar-refractivity contribution in [2.75, 3.05) is 20.8 Å². The zero-order chi connectivity index (χ0) is 13.1. The van der Waals surface area contributed by atoms with Crippen LogP contribution in [0.3, 0.4) is 0 Å². The summed E-state index contributed by atoms with van der Waals surface area (Å²) in [5.41, 5.74) is 1.01. The van der Waals surface area contributed by atoms with Gasteiger partial charge in [0.25, 0.3) is 0 Å². The van der Waals surface area contributed by atoms with Gasteiger partial charge in [-0.3, -0.25) is 4.79 Å². The molecule has 18 heavy (non-hydrogen) atoms. The summed E-state index contributed by atoms with van der Waals surface area (Å²) in [6.45, 7) is 2.55. The number of rotatable bonds is 4. The largest absolute Gasteiger partial charge is 0.497 e. The number of carbonyl (C=O) groups excluding carboxylic acids is 1. The van der Waals surface area contributed by atoms with Crippen molar-refractivity contribution in [3.8, 4) is 11.5 Å². The Morgan fingerprint density at radius 3 is 2.67 bits per heavy atom. The Hall–Kier alpha value is -1.71. The van der Waals surface area contributed by atoms with Gasteiger partial charge in [-0.25, -0.2) is 0 Å². The Bertz CT molecular complexity index is 441. The Labute approximate surface area is 107 Å². The van der Waals surface area contributed by atoms with E-state index in [4.69, 9.17) is 14.2 Å². The maximum atomic E-state index is 11.6. The third-order valence-electron chi connectivity index (χ3n) is 3.41. The second-order valence-corrected chi connectivity index (χ2v) is 4.60. The number of ether oxygens (including phenoxy) is 3. The van der Waals surface area contributed by atoms with Crippen LogP contribution in [0.5, 0.6) is 11.5 Å². The minimum atomic E-state index is -0.111. The van der Waals surface area contributed by atoms with Gasteiger partial charge in [-0.1, -0.05) is 13.0 Å². The third-order valence-corrected chi connectivity index (χ3v) is 3.41. The molecule has 0 spiro atoms. The van der Waals surface area contributed by atoms with Crippen molar-refractivity contribution in [3.05, 3.63) is 23.8 Å². The van der Waals surface area contributed by atoms with Crippen molar-refractivity contribution in [2.24, 2.45) is 11.8 Å². The second-order valence-electron chi connectivity index (χ2n) is 4.60. The van der Waals surface area contributed by atoms with E-state index >= 15 is 0 Å². The van der Waals surface area contributed by atoms with Crippen LogP contribution < -0.4 is 9.47 Å². The van der Waals surface area contributed by atoms with Gasteiger partial charge in [0, 0.05) is 12.0 Å². The third kappa shape index (κ3) is 2.42. The minimum absolute atomic E-state index is 0.0766. The van der Waals surface area contributed by atoms with Crippen LogP contribution in [0.15, 0.2) is 18.2 Å². The summed E-state index contributed by atoms with van der Waals surface area (Å²) in [5, 5.41) is 0.